The van der Waals surface area contributed by atoms with Crippen LogP contribution in [0.3, 0.4) is 0 Å². The fourth-order valence-corrected chi connectivity index (χ4v) is 2.66. The molecule has 0 atom stereocenters. The van der Waals surface area contributed by atoms with Gasteiger partial charge in [0, 0.05) is 11.9 Å². The molecule has 15 heavy (non-hydrogen) atoms. The SMILES string of the molecule is Clc1csc(NCCC2=CCCCC2)n1. The second-order valence-corrected chi connectivity index (χ2v) is 5.01. The molecule has 0 radical (unpaired) electrons. The van der Waals surface area contributed by atoms with Gasteiger partial charge in [-0.15, -0.1) is 11.3 Å². The minimum Gasteiger partial charge on any atom is -0.361 e. The molecular formula is C11H15ClN2S. The van der Waals surface area contributed by atoms with Crippen molar-refractivity contribution in [2.45, 2.75) is 32.1 Å². The molecule has 0 saturated carbocycles. The van der Waals surface area contributed by atoms with E-state index in [1.807, 2.05) is 5.38 Å². The Bertz CT molecular complexity index is 346. The van der Waals surface area contributed by atoms with Crippen LogP contribution in [0.2, 0.25) is 5.15 Å². The van der Waals surface area contributed by atoms with Crippen molar-refractivity contribution in [2.24, 2.45) is 0 Å². The van der Waals surface area contributed by atoms with Gasteiger partial charge in [0.15, 0.2) is 5.13 Å². The molecule has 1 heterocycles. The summed E-state index contributed by atoms with van der Waals surface area (Å²) < 4.78 is 0. The van der Waals surface area contributed by atoms with Crippen LogP contribution >= 0.6 is 22.9 Å². The number of allylic oxidation sites excluding steroid dienone is 1. The van der Waals surface area contributed by atoms with Crippen molar-refractivity contribution >= 4 is 28.1 Å². The van der Waals surface area contributed by atoms with Gasteiger partial charge >= 0.3 is 0 Å². The summed E-state index contributed by atoms with van der Waals surface area (Å²) in [5.74, 6) is 0. The van der Waals surface area contributed by atoms with E-state index in [1.165, 1.54) is 25.7 Å². The van der Waals surface area contributed by atoms with Gasteiger partial charge in [0.05, 0.1) is 0 Å². The number of halogens is 1. The zero-order chi connectivity index (χ0) is 10.5. The van der Waals surface area contributed by atoms with Crippen molar-refractivity contribution < 1.29 is 0 Å². The number of hydrogen-bond donors (Lipinski definition) is 1. The number of nitrogens with zero attached hydrogens (tertiary/aromatic N) is 1. The van der Waals surface area contributed by atoms with Crippen LogP contribution in [0.25, 0.3) is 0 Å². The first-order valence-electron chi connectivity index (χ1n) is 5.37. The van der Waals surface area contributed by atoms with Crippen molar-refractivity contribution in [3.8, 4) is 0 Å². The van der Waals surface area contributed by atoms with E-state index in [9.17, 15) is 0 Å². The fraction of sp³-hybridized carbons (Fsp3) is 0.545. The quantitative estimate of drug-likeness (QED) is 0.805. The molecule has 0 bridgehead atoms. The van der Waals surface area contributed by atoms with Gasteiger partial charge in [0.1, 0.15) is 5.15 Å². The summed E-state index contributed by atoms with van der Waals surface area (Å²) in [5, 5.41) is 6.66. The third-order valence-corrected chi connectivity index (χ3v) is 3.71. The average molecular weight is 243 g/mol. The zero-order valence-corrected chi connectivity index (χ0v) is 10.2. The number of thiazole rings is 1. The molecule has 0 aliphatic heterocycles. The lowest BCUT2D eigenvalue weighted by atomic mass is 9.97. The monoisotopic (exact) mass is 242 g/mol. The highest BCUT2D eigenvalue weighted by Crippen LogP contribution is 2.21. The van der Waals surface area contributed by atoms with E-state index in [4.69, 9.17) is 11.6 Å². The highest BCUT2D eigenvalue weighted by molar-refractivity contribution is 7.14. The largest absolute Gasteiger partial charge is 0.361 e. The molecule has 0 saturated heterocycles. The molecular weight excluding hydrogens is 228 g/mol. The van der Waals surface area contributed by atoms with E-state index in [2.05, 4.69) is 16.4 Å². The second kappa shape index (κ2) is 5.52. The third kappa shape index (κ3) is 3.50. The van der Waals surface area contributed by atoms with Crippen LogP contribution in [0.4, 0.5) is 5.13 Å². The first-order chi connectivity index (χ1) is 7.34. The number of rotatable bonds is 4. The van der Waals surface area contributed by atoms with Crippen molar-refractivity contribution in [1.82, 2.24) is 4.98 Å². The van der Waals surface area contributed by atoms with Crippen molar-refractivity contribution in [1.29, 1.82) is 0 Å². The maximum Gasteiger partial charge on any atom is 0.184 e. The molecule has 82 valence electrons. The number of nitrogens with one attached hydrogen (secondary N) is 1. The molecule has 4 heteroatoms. The first-order valence-corrected chi connectivity index (χ1v) is 6.63. The lowest BCUT2D eigenvalue weighted by molar-refractivity contribution is 0.679. The van der Waals surface area contributed by atoms with Crippen LogP contribution in [0, 0.1) is 0 Å². The normalized spacial score (nSPS) is 16.2. The van der Waals surface area contributed by atoms with Crippen LogP contribution in [0.15, 0.2) is 17.0 Å². The van der Waals surface area contributed by atoms with Gasteiger partial charge in [-0.25, -0.2) is 4.98 Å². The van der Waals surface area contributed by atoms with E-state index >= 15 is 0 Å². The second-order valence-electron chi connectivity index (χ2n) is 3.76. The summed E-state index contributed by atoms with van der Waals surface area (Å²) in [5.41, 5.74) is 1.59. The molecule has 0 unspecified atom stereocenters. The Balaban J connectivity index is 1.72. The van der Waals surface area contributed by atoms with Gasteiger partial charge in [0.25, 0.3) is 0 Å². The molecule has 1 N–H and O–H groups in total. The van der Waals surface area contributed by atoms with E-state index < -0.39 is 0 Å². The summed E-state index contributed by atoms with van der Waals surface area (Å²) in [6.45, 7) is 0.968. The standard InChI is InChI=1S/C11H15ClN2S/c12-10-8-15-11(14-10)13-7-6-9-4-2-1-3-5-9/h4,8H,1-3,5-7H2,(H,13,14). The number of aromatic nitrogens is 1. The minimum absolute atomic E-state index is 0.583. The van der Waals surface area contributed by atoms with Gasteiger partial charge in [-0.2, -0.15) is 0 Å². The van der Waals surface area contributed by atoms with E-state index in [1.54, 1.807) is 16.9 Å². The predicted octanol–water partition coefficient (Wildman–Crippen LogP) is 4.10. The Morgan fingerprint density at radius 2 is 2.40 bits per heavy atom. The van der Waals surface area contributed by atoms with Crippen LogP contribution < -0.4 is 5.32 Å². The Kier molecular flexibility index (Phi) is 4.03. The van der Waals surface area contributed by atoms with Gasteiger partial charge in [-0.1, -0.05) is 23.3 Å². The molecule has 0 amide bonds. The molecule has 1 aromatic rings. The molecule has 0 aromatic carbocycles. The maximum atomic E-state index is 5.74. The van der Waals surface area contributed by atoms with Crippen LogP contribution in [-0.4, -0.2) is 11.5 Å². The molecule has 2 nitrogen and oxygen atoms in total. The first kappa shape index (κ1) is 11.0. The van der Waals surface area contributed by atoms with Gasteiger partial charge in [-0.05, 0) is 32.1 Å². The lowest BCUT2D eigenvalue weighted by Crippen LogP contribution is -2.03. The predicted molar refractivity (Wildman–Crippen MR) is 66.8 cm³/mol. The molecule has 2 rings (SSSR count). The molecule has 1 aromatic heterocycles. The van der Waals surface area contributed by atoms with Gasteiger partial charge in [0.2, 0.25) is 0 Å². The molecule has 0 fully saturated rings. The van der Waals surface area contributed by atoms with Crippen molar-refractivity contribution in [2.75, 3.05) is 11.9 Å². The Morgan fingerprint density at radius 3 is 3.07 bits per heavy atom. The van der Waals surface area contributed by atoms with Crippen LogP contribution in [0.5, 0.6) is 0 Å². The lowest BCUT2D eigenvalue weighted by Gasteiger charge is -2.12. The highest BCUT2D eigenvalue weighted by atomic mass is 35.5. The fourth-order valence-electron chi connectivity index (χ4n) is 1.80. The summed E-state index contributed by atoms with van der Waals surface area (Å²) in [7, 11) is 0. The summed E-state index contributed by atoms with van der Waals surface area (Å²) in [4.78, 5) is 4.15. The number of anilines is 1. The molecule has 1 aliphatic carbocycles. The van der Waals surface area contributed by atoms with E-state index in [-0.39, 0.29) is 0 Å². The zero-order valence-electron chi connectivity index (χ0n) is 8.63. The van der Waals surface area contributed by atoms with Crippen LogP contribution in [0.1, 0.15) is 32.1 Å². The Morgan fingerprint density at radius 1 is 1.47 bits per heavy atom. The summed E-state index contributed by atoms with van der Waals surface area (Å²) >= 11 is 7.30. The average Bonchev–Trinajstić information content (AvgIpc) is 2.66. The van der Waals surface area contributed by atoms with E-state index in [0.717, 1.165) is 18.1 Å². The maximum absolute atomic E-state index is 5.74. The third-order valence-electron chi connectivity index (χ3n) is 2.58. The van der Waals surface area contributed by atoms with Crippen molar-refractivity contribution in [3.63, 3.8) is 0 Å². The molecule has 0 spiro atoms. The van der Waals surface area contributed by atoms with Crippen molar-refractivity contribution in [3.05, 3.63) is 22.2 Å². The highest BCUT2D eigenvalue weighted by Gasteiger charge is 2.03. The van der Waals surface area contributed by atoms with E-state index in [0.29, 0.717) is 5.15 Å². The topological polar surface area (TPSA) is 24.9 Å². The van der Waals surface area contributed by atoms with Gasteiger partial charge in [-0.3, -0.25) is 0 Å². The summed E-state index contributed by atoms with van der Waals surface area (Å²) in [6, 6.07) is 0. The Labute approximate surface area is 99.4 Å². The van der Waals surface area contributed by atoms with Gasteiger partial charge < -0.3 is 5.32 Å². The number of hydrogen-bond acceptors (Lipinski definition) is 3. The summed E-state index contributed by atoms with van der Waals surface area (Å²) in [6.07, 6.45) is 8.78. The minimum atomic E-state index is 0.583. The van der Waals surface area contributed by atoms with Crippen LogP contribution in [-0.2, 0) is 0 Å². The molecule has 1 aliphatic rings. The smallest absolute Gasteiger partial charge is 0.184 e. The Hall–Kier alpha value is -0.540.